The average molecular weight is 176 g/mol. The highest BCUT2D eigenvalue weighted by atomic mass is 32.2. The van der Waals surface area contributed by atoms with Gasteiger partial charge in [0.25, 0.3) is 0 Å². The number of carboxylic acids is 1. The van der Waals surface area contributed by atoms with E-state index >= 15 is 0 Å². The Morgan fingerprint density at radius 3 is 2.45 bits per heavy atom. The van der Waals surface area contributed by atoms with Crippen molar-refractivity contribution in [3.63, 3.8) is 0 Å². The Labute approximate surface area is 72.4 Å². The van der Waals surface area contributed by atoms with Crippen molar-refractivity contribution in [2.24, 2.45) is 0 Å². The Kier molecular flexibility index (Phi) is 4.57. The van der Waals surface area contributed by atoms with Crippen molar-refractivity contribution in [1.82, 2.24) is 0 Å². The molecule has 0 aromatic rings. The topological polar surface area (TPSA) is 37.3 Å². The lowest BCUT2D eigenvalue weighted by molar-refractivity contribution is -0.137. The minimum absolute atomic E-state index is 0.109. The van der Waals surface area contributed by atoms with Crippen LogP contribution < -0.4 is 0 Å². The molecule has 0 spiro atoms. The molecule has 0 atom stereocenters. The van der Waals surface area contributed by atoms with Crippen molar-refractivity contribution in [3.8, 4) is 0 Å². The maximum absolute atomic E-state index is 10.4. The van der Waals surface area contributed by atoms with Crippen LogP contribution in [0.1, 0.15) is 33.6 Å². The lowest BCUT2D eigenvalue weighted by Gasteiger charge is -2.20. The Hall–Kier alpha value is -0.180. The molecule has 0 rings (SSSR count). The second-order valence-corrected chi connectivity index (χ2v) is 4.98. The molecule has 1 N–H and O–H groups in total. The van der Waals surface area contributed by atoms with E-state index in [0.29, 0.717) is 0 Å². The SMILES string of the molecule is CCCSC(C)(C)CC(=O)O. The molecule has 0 unspecified atom stereocenters. The van der Waals surface area contributed by atoms with Crippen LogP contribution in [0.25, 0.3) is 0 Å². The van der Waals surface area contributed by atoms with E-state index in [1.807, 2.05) is 13.8 Å². The highest BCUT2D eigenvalue weighted by molar-refractivity contribution is 8.00. The molecular formula is C8H16O2S. The number of carbonyl (C=O) groups is 1. The van der Waals surface area contributed by atoms with Gasteiger partial charge in [0.1, 0.15) is 0 Å². The highest BCUT2D eigenvalue weighted by Crippen LogP contribution is 2.28. The number of thioether (sulfide) groups is 1. The zero-order valence-electron chi connectivity index (χ0n) is 7.39. The summed E-state index contributed by atoms with van der Waals surface area (Å²) >= 11 is 1.73. The number of carboxylic acid groups (broad SMARTS) is 1. The first-order valence-corrected chi connectivity index (χ1v) is 4.82. The van der Waals surface area contributed by atoms with Crippen molar-refractivity contribution in [2.75, 3.05) is 5.75 Å². The van der Waals surface area contributed by atoms with E-state index in [2.05, 4.69) is 6.92 Å². The maximum atomic E-state index is 10.4. The van der Waals surface area contributed by atoms with E-state index in [4.69, 9.17) is 5.11 Å². The van der Waals surface area contributed by atoms with Crippen LogP contribution in [-0.2, 0) is 4.79 Å². The molecular weight excluding hydrogens is 160 g/mol. The summed E-state index contributed by atoms with van der Waals surface area (Å²) in [4.78, 5) is 10.4. The van der Waals surface area contributed by atoms with Crippen LogP contribution in [0.4, 0.5) is 0 Å². The van der Waals surface area contributed by atoms with Crippen LogP contribution in [0.15, 0.2) is 0 Å². The molecule has 0 fully saturated rings. The summed E-state index contributed by atoms with van der Waals surface area (Å²) in [6.07, 6.45) is 1.35. The molecule has 66 valence electrons. The fourth-order valence-corrected chi connectivity index (χ4v) is 1.78. The van der Waals surface area contributed by atoms with Crippen molar-refractivity contribution >= 4 is 17.7 Å². The first-order valence-electron chi connectivity index (χ1n) is 3.83. The average Bonchev–Trinajstić information content (AvgIpc) is 1.81. The van der Waals surface area contributed by atoms with Crippen molar-refractivity contribution < 1.29 is 9.90 Å². The smallest absolute Gasteiger partial charge is 0.304 e. The van der Waals surface area contributed by atoms with E-state index in [1.54, 1.807) is 11.8 Å². The second kappa shape index (κ2) is 4.65. The largest absolute Gasteiger partial charge is 0.481 e. The Morgan fingerprint density at radius 1 is 1.55 bits per heavy atom. The van der Waals surface area contributed by atoms with Gasteiger partial charge in [0.15, 0.2) is 0 Å². The molecule has 0 aromatic heterocycles. The fraction of sp³-hybridized carbons (Fsp3) is 0.875. The van der Waals surface area contributed by atoms with Gasteiger partial charge in [-0.15, -0.1) is 0 Å². The number of aliphatic carboxylic acids is 1. The van der Waals surface area contributed by atoms with Gasteiger partial charge in [-0.1, -0.05) is 20.8 Å². The van der Waals surface area contributed by atoms with Gasteiger partial charge in [0, 0.05) is 4.75 Å². The van der Waals surface area contributed by atoms with Gasteiger partial charge in [0.05, 0.1) is 6.42 Å². The van der Waals surface area contributed by atoms with Crippen LogP contribution in [0, 0.1) is 0 Å². The molecule has 2 nitrogen and oxygen atoms in total. The summed E-state index contributed by atoms with van der Waals surface area (Å²) in [6.45, 7) is 6.05. The summed E-state index contributed by atoms with van der Waals surface area (Å²) in [5.74, 6) is 0.332. The van der Waals surface area contributed by atoms with Gasteiger partial charge in [-0.3, -0.25) is 4.79 Å². The van der Waals surface area contributed by atoms with Crippen LogP contribution in [0.2, 0.25) is 0 Å². The van der Waals surface area contributed by atoms with Crippen molar-refractivity contribution in [3.05, 3.63) is 0 Å². The molecule has 3 heteroatoms. The van der Waals surface area contributed by atoms with E-state index in [9.17, 15) is 4.79 Å². The predicted octanol–water partition coefficient (Wildman–Crippen LogP) is 2.38. The molecule has 0 aliphatic carbocycles. The molecule has 0 aromatic carbocycles. The zero-order chi connectivity index (χ0) is 8.91. The molecule has 0 aliphatic rings. The summed E-state index contributed by atoms with van der Waals surface area (Å²) in [6, 6.07) is 0. The maximum Gasteiger partial charge on any atom is 0.304 e. The first kappa shape index (κ1) is 10.8. The zero-order valence-corrected chi connectivity index (χ0v) is 8.20. The summed E-state index contributed by atoms with van der Waals surface area (Å²) in [5.41, 5.74) is 0. The van der Waals surface area contributed by atoms with Crippen LogP contribution >= 0.6 is 11.8 Å². The minimum Gasteiger partial charge on any atom is -0.481 e. The first-order chi connectivity index (χ1) is 4.98. The standard InChI is InChI=1S/C8H16O2S/c1-4-5-11-8(2,3)6-7(9)10/h4-6H2,1-3H3,(H,9,10). The molecule has 0 bridgehead atoms. The van der Waals surface area contributed by atoms with Gasteiger partial charge in [0.2, 0.25) is 0 Å². The van der Waals surface area contributed by atoms with Gasteiger partial charge in [-0.25, -0.2) is 0 Å². The van der Waals surface area contributed by atoms with E-state index in [-0.39, 0.29) is 11.2 Å². The summed E-state index contributed by atoms with van der Waals surface area (Å²) < 4.78 is -0.109. The Morgan fingerprint density at radius 2 is 2.09 bits per heavy atom. The van der Waals surface area contributed by atoms with Crippen molar-refractivity contribution in [1.29, 1.82) is 0 Å². The molecule has 11 heavy (non-hydrogen) atoms. The van der Waals surface area contributed by atoms with Gasteiger partial charge < -0.3 is 5.11 Å². The minimum atomic E-state index is -0.710. The highest BCUT2D eigenvalue weighted by Gasteiger charge is 2.21. The summed E-state index contributed by atoms with van der Waals surface area (Å²) in [7, 11) is 0. The monoisotopic (exact) mass is 176 g/mol. The molecule has 0 heterocycles. The van der Waals surface area contributed by atoms with Crippen LogP contribution in [0.5, 0.6) is 0 Å². The molecule has 0 amide bonds. The lowest BCUT2D eigenvalue weighted by Crippen LogP contribution is -2.20. The molecule has 0 aliphatic heterocycles. The Balaban J connectivity index is 3.70. The third-order valence-corrected chi connectivity index (χ3v) is 2.81. The Bertz CT molecular complexity index is 132. The van der Waals surface area contributed by atoms with Gasteiger partial charge in [-0.2, -0.15) is 11.8 Å². The van der Waals surface area contributed by atoms with Gasteiger partial charge >= 0.3 is 5.97 Å². The fourth-order valence-electron chi connectivity index (χ4n) is 0.794. The quantitative estimate of drug-likeness (QED) is 0.698. The van der Waals surface area contributed by atoms with E-state index in [1.165, 1.54) is 0 Å². The van der Waals surface area contributed by atoms with Crippen molar-refractivity contribution in [2.45, 2.75) is 38.4 Å². The third kappa shape index (κ3) is 6.23. The molecule has 0 radical (unpaired) electrons. The van der Waals surface area contributed by atoms with Gasteiger partial charge in [-0.05, 0) is 12.2 Å². The lowest BCUT2D eigenvalue weighted by atomic mass is 10.1. The number of rotatable bonds is 5. The van der Waals surface area contributed by atoms with E-state index in [0.717, 1.165) is 12.2 Å². The van der Waals surface area contributed by atoms with Crippen LogP contribution in [-0.4, -0.2) is 21.6 Å². The predicted molar refractivity (Wildman–Crippen MR) is 49.1 cm³/mol. The number of hydrogen-bond acceptors (Lipinski definition) is 2. The molecule has 0 saturated heterocycles. The third-order valence-electron chi connectivity index (χ3n) is 1.27. The molecule has 0 saturated carbocycles. The second-order valence-electron chi connectivity index (χ2n) is 3.18. The number of hydrogen-bond donors (Lipinski definition) is 1. The van der Waals surface area contributed by atoms with E-state index < -0.39 is 5.97 Å². The van der Waals surface area contributed by atoms with Crippen LogP contribution in [0.3, 0.4) is 0 Å². The summed E-state index contributed by atoms with van der Waals surface area (Å²) in [5, 5.41) is 8.54. The normalized spacial score (nSPS) is 11.5.